The lowest BCUT2D eigenvalue weighted by Crippen LogP contribution is -2.25. The van der Waals surface area contributed by atoms with Crippen molar-refractivity contribution in [2.45, 2.75) is 179 Å². The Kier molecular flexibility index (Phi) is 30.1. The molecule has 522 valence electrons. The fraction of sp³-hybridized carbons (Fsp3) is 0.478. The zero-order valence-corrected chi connectivity index (χ0v) is 62.8. The summed E-state index contributed by atoms with van der Waals surface area (Å²) in [6, 6.07) is 31.0. The van der Waals surface area contributed by atoms with E-state index in [1.54, 1.807) is 35.5 Å². The van der Waals surface area contributed by atoms with Crippen molar-refractivity contribution < 1.29 is 53.0 Å². The molecular weight excluding hydrogens is 1580 g/mol. The predicted octanol–water partition coefficient (Wildman–Crippen LogP) is 13.6. The molecule has 0 saturated heterocycles. The van der Waals surface area contributed by atoms with Gasteiger partial charge in [-0.3, -0.25) is 20.4 Å². The van der Waals surface area contributed by atoms with Crippen LogP contribution in [0.2, 0.25) is 0 Å². The average Bonchev–Trinajstić information content (AvgIpc) is 1.45. The molecule has 2 aliphatic carbocycles. The summed E-state index contributed by atoms with van der Waals surface area (Å²) in [5, 5.41) is 65.8. The second-order valence-electron chi connectivity index (χ2n) is 24.0. The first-order valence-corrected chi connectivity index (χ1v) is 35.9. The topological polar surface area (TPSA) is 326 Å². The number of ether oxygens (including phenoxy) is 7. The Hall–Kier alpha value is -6.85. The molecule has 4 atom stereocenters. The summed E-state index contributed by atoms with van der Waals surface area (Å²) in [4.78, 5) is 23.0. The number of nitrogens with one attached hydrogen (secondary N) is 5. The van der Waals surface area contributed by atoms with Crippen LogP contribution in [-0.4, -0.2) is 166 Å². The van der Waals surface area contributed by atoms with Gasteiger partial charge in [-0.2, -0.15) is 20.4 Å². The lowest BCUT2D eigenvalue weighted by Gasteiger charge is -2.29. The number of H-pyrrole nitrogens is 5. The van der Waals surface area contributed by atoms with Gasteiger partial charge < -0.3 is 43.4 Å². The number of halogens is 3. The number of carboxylic acid groups (broad SMARTS) is 2. The van der Waals surface area contributed by atoms with Crippen LogP contribution in [0.4, 0.5) is 0 Å². The van der Waals surface area contributed by atoms with E-state index in [0.29, 0.717) is 24.5 Å². The van der Waals surface area contributed by atoms with E-state index in [1.807, 2.05) is 37.3 Å². The molecule has 28 heteroatoms. The van der Waals surface area contributed by atoms with E-state index in [2.05, 4.69) is 216 Å². The van der Waals surface area contributed by atoms with E-state index in [9.17, 15) is 14.7 Å². The molecule has 2 fully saturated rings. The van der Waals surface area contributed by atoms with Crippen LogP contribution in [0.1, 0.15) is 171 Å². The number of methoxy groups -OCH3 is 5. The maximum absolute atomic E-state index is 11.8. The zero-order valence-electron chi connectivity index (χ0n) is 56.3. The molecule has 0 aliphatic heterocycles. The van der Waals surface area contributed by atoms with Crippen LogP contribution in [0.25, 0.3) is 22.5 Å². The van der Waals surface area contributed by atoms with Crippen molar-refractivity contribution in [2.24, 2.45) is 0 Å². The van der Waals surface area contributed by atoms with E-state index in [-0.39, 0.29) is 53.7 Å². The number of nitrogens with zero attached hydrogens (tertiary/aromatic N) is 9. The van der Waals surface area contributed by atoms with Crippen molar-refractivity contribution in [3.8, 4) is 40.0 Å². The number of hydrogen-bond acceptors (Lipinski definition) is 17. The van der Waals surface area contributed by atoms with E-state index in [0.717, 1.165) is 160 Å². The highest BCUT2D eigenvalue weighted by atomic mass is 127. The zero-order chi connectivity index (χ0) is 69.4. The van der Waals surface area contributed by atoms with Gasteiger partial charge >= 0.3 is 11.9 Å². The van der Waals surface area contributed by atoms with Crippen LogP contribution in [0.5, 0.6) is 17.5 Å². The second-order valence-corrected chi connectivity index (χ2v) is 27.2. The maximum atomic E-state index is 11.8. The van der Waals surface area contributed by atoms with Gasteiger partial charge in [-0.1, -0.05) is 97.0 Å². The van der Waals surface area contributed by atoms with Crippen molar-refractivity contribution in [1.82, 2.24) is 71.2 Å². The molecule has 11 rings (SSSR count). The van der Waals surface area contributed by atoms with Gasteiger partial charge in [0, 0.05) is 82.3 Å². The third-order valence-corrected chi connectivity index (χ3v) is 21.1. The Morgan fingerprint density at radius 3 is 1.48 bits per heavy atom. The standard InChI is InChI=1S/C31H37N5O5.C23H29N5O4.C8H13IN2O.C7H10I2N2O/c1-4-25(39-2)17-24-18-28(33-32-24)23-9-7-21(8-10-23)22-11-15-27(16-12-22)41-30-29(31(37)38)34-35-36(30)19-20-5-13-26(40-3)14-6-20;1-3-18(31-2)12-17-13-20(25-24-17)16-6-4-14(5-7-16)15-8-10-19(11-9-15)32-22-21(23(29)30)26-28-27-22;1-3-7(12-2)4-6-5-8(9)11-10-6;1-4(12-2)3-5-6(8)7(9)11-10-5/h5-10,13-14,18,22,25,27H,4,11-12,15-17,19H2,1-3H3,(H,32,33)(H,37,38);4-7,13,15,18-19H,3,8-12H2,1-2H3,(H,24,25)(H,29,30)(H,26,27,28);5,7H,3-4H2,1-2H3,(H,10,11);4H,3H2,1-2H3,(H,10,11). The quantitative estimate of drug-likeness (QED) is 0.0224. The Bertz CT molecular complexity index is 3790. The van der Waals surface area contributed by atoms with Gasteiger partial charge in [0.15, 0.2) is 0 Å². The average molecular weight is 1670 g/mol. The molecule has 0 amide bonds. The van der Waals surface area contributed by atoms with E-state index < -0.39 is 11.9 Å². The van der Waals surface area contributed by atoms with Gasteiger partial charge in [0.25, 0.3) is 5.88 Å². The van der Waals surface area contributed by atoms with Crippen molar-refractivity contribution in [3.05, 3.63) is 153 Å². The number of rotatable bonds is 28. The number of aromatic nitrogens is 14. The first-order valence-electron chi connectivity index (χ1n) is 32.7. The molecule has 7 N–H and O–H groups in total. The van der Waals surface area contributed by atoms with Crippen LogP contribution in [0.3, 0.4) is 0 Å². The summed E-state index contributed by atoms with van der Waals surface area (Å²) >= 11 is 6.69. The highest BCUT2D eigenvalue weighted by Gasteiger charge is 2.30. The highest BCUT2D eigenvalue weighted by Crippen LogP contribution is 2.38. The molecule has 6 aromatic heterocycles. The largest absolute Gasteiger partial charge is 0.497 e. The highest BCUT2D eigenvalue weighted by molar-refractivity contribution is 14.1. The number of benzene rings is 3. The van der Waals surface area contributed by atoms with Crippen molar-refractivity contribution >= 4 is 79.7 Å². The van der Waals surface area contributed by atoms with Gasteiger partial charge in [-0.15, -0.1) is 5.10 Å². The number of carbonyl (C=O) groups is 2. The Morgan fingerprint density at radius 2 is 1.06 bits per heavy atom. The fourth-order valence-electron chi connectivity index (χ4n) is 11.6. The molecule has 0 spiro atoms. The normalized spacial score (nSPS) is 17.2. The predicted molar refractivity (Wildman–Crippen MR) is 392 cm³/mol. The molecule has 6 heterocycles. The number of aromatic amines is 5. The minimum absolute atomic E-state index is 0.0461. The van der Waals surface area contributed by atoms with Gasteiger partial charge in [0.05, 0.1) is 58.7 Å². The van der Waals surface area contributed by atoms with E-state index in [4.69, 9.17) is 38.3 Å². The van der Waals surface area contributed by atoms with Gasteiger partial charge in [-0.25, -0.2) is 19.4 Å². The number of carboxylic acids is 2. The van der Waals surface area contributed by atoms with E-state index in [1.165, 1.54) is 19.4 Å². The molecule has 2 aliphatic rings. The Morgan fingerprint density at radius 1 is 0.567 bits per heavy atom. The lowest BCUT2D eigenvalue weighted by molar-refractivity contribution is 0.0665. The first-order chi connectivity index (χ1) is 46.9. The molecule has 25 nitrogen and oxygen atoms in total. The summed E-state index contributed by atoms with van der Waals surface area (Å²) in [6.07, 6.45) is 14.4. The van der Waals surface area contributed by atoms with Crippen LogP contribution in [-0.2, 0) is 51.2 Å². The van der Waals surface area contributed by atoms with E-state index >= 15 is 0 Å². The monoisotopic (exact) mass is 1670 g/mol. The molecule has 0 radical (unpaired) electrons. The molecular formula is C69H89I3N14O11. The van der Waals surface area contributed by atoms with Crippen molar-refractivity contribution in [1.29, 1.82) is 0 Å². The lowest BCUT2D eigenvalue weighted by atomic mass is 9.82. The Labute approximate surface area is 606 Å². The summed E-state index contributed by atoms with van der Waals surface area (Å²) in [5.74, 6) is -0.363. The Balaban J connectivity index is 0.000000188. The van der Waals surface area contributed by atoms with Crippen molar-refractivity contribution in [2.75, 3.05) is 35.5 Å². The molecule has 2 saturated carbocycles. The smallest absolute Gasteiger partial charge is 0.362 e. The van der Waals surface area contributed by atoms with Crippen molar-refractivity contribution in [3.63, 3.8) is 0 Å². The molecule has 97 heavy (non-hydrogen) atoms. The van der Waals surface area contributed by atoms with Gasteiger partial charge in [0.2, 0.25) is 17.3 Å². The second kappa shape index (κ2) is 38.5. The first kappa shape index (κ1) is 75.9. The fourth-order valence-corrected chi connectivity index (χ4v) is 13.0. The van der Waals surface area contributed by atoms with Crippen LogP contribution in [0, 0.1) is 11.0 Å². The van der Waals surface area contributed by atoms with Gasteiger partial charge in [0.1, 0.15) is 25.4 Å². The summed E-state index contributed by atoms with van der Waals surface area (Å²) in [5.41, 5.74) is 11.8. The summed E-state index contributed by atoms with van der Waals surface area (Å²) in [7, 11) is 8.57. The molecule has 3 aromatic carbocycles. The summed E-state index contributed by atoms with van der Waals surface area (Å²) in [6.45, 7) is 8.75. The SMILES string of the molecule is CCC(Cc1cc(-c2ccc(C3CCC(Oc4c(C(=O)O)nnn4Cc4ccc(OC)cc4)CC3)cc2)n[nH]1)OC.CCC(Cc1cc(-c2ccc(C3CCC(Oc4nn[nH]c4C(=O)O)CC3)cc2)n[nH]1)OC.CCC(Cc1cc(I)n[nH]1)OC.COC(C)Cc1[nH]nc(I)c1I. The third kappa shape index (κ3) is 22.3. The van der Waals surface area contributed by atoms with Gasteiger partial charge in [-0.05, 0) is 204 Å². The maximum Gasteiger partial charge on any atom is 0.362 e. The number of aromatic carboxylic acids is 2. The number of hydrogen-bond donors (Lipinski definition) is 7. The van der Waals surface area contributed by atoms with Crippen LogP contribution in [0.15, 0.2) is 91.0 Å². The molecule has 4 unspecified atom stereocenters. The van der Waals surface area contributed by atoms with Crippen LogP contribution < -0.4 is 14.2 Å². The molecule has 9 aromatic rings. The minimum atomic E-state index is -1.15. The summed E-state index contributed by atoms with van der Waals surface area (Å²) < 4.78 is 43.4. The van der Waals surface area contributed by atoms with Crippen LogP contribution >= 0.6 is 67.8 Å². The third-order valence-electron chi connectivity index (χ3n) is 17.6. The minimum Gasteiger partial charge on any atom is -0.497 e. The molecule has 0 bridgehead atoms.